The topological polar surface area (TPSA) is 36.4 Å². The van der Waals surface area contributed by atoms with Crippen molar-refractivity contribution < 1.29 is 5.11 Å². The van der Waals surface area contributed by atoms with Gasteiger partial charge in [-0.15, -0.1) is 0 Å². The fourth-order valence-corrected chi connectivity index (χ4v) is 3.05. The standard InChI is InChI=1S/C12H18N2OS/c1-12(2)9-14(6-7-16-12)11-5-3-4-10(8-15)13-11/h3-5,15H,6-9H2,1-2H3. The minimum Gasteiger partial charge on any atom is -0.390 e. The lowest BCUT2D eigenvalue weighted by Gasteiger charge is -2.38. The molecule has 88 valence electrons. The molecule has 3 nitrogen and oxygen atoms in total. The van der Waals surface area contributed by atoms with E-state index in [2.05, 4.69) is 23.7 Å². The van der Waals surface area contributed by atoms with Crippen molar-refractivity contribution in [3.05, 3.63) is 23.9 Å². The van der Waals surface area contributed by atoms with E-state index in [0.717, 1.165) is 30.4 Å². The Kier molecular flexibility index (Phi) is 3.40. The number of rotatable bonds is 2. The van der Waals surface area contributed by atoms with Crippen molar-refractivity contribution in [2.75, 3.05) is 23.7 Å². The Labute approximate surface area is 101 Å². The first-order valence-corrected chi connectivity index (χ1v) is 6.55. The van der Waals surface area contributed by atoms with Crippen LogP contribution in [0.25, 0.3) is 0 Å². The molecular weight excluding hydrogens is 220 g/mol. The van der Waals surface area contributed by atoms with E-state index in [1.165, 1.54) is 0 Å². The molecule has 1 aliphatic heterocycles. The lowest BCUT2D eigenvalue weighted by molar-refractivity contribution is 0.277. The molecule has 2 heterocycles. The highest BCUT2D eigenvalue weighted by Crippen LogP contribution is 2.31. The Morgan fingerprint density at radius 1 is 1.50 bits per heavy atom. The van der Waals surface area contributed by atoms with E-state index in [9.17, 15) is 0 Å². The minimum absolute atomic E-state index is 0.0137. The third kappa shape index (κ3) is 2.68. The number of aliphatic hydroxyl groups is 1. The van der Waals surface area contributed by atoms with Crippen molar-refractivity contribution in [3.8, 4) is 0 Å². The summed E-state index contributed by atoms with van der Waals surface area (Å²) in [6, 6.07) is 5.83. The Bertz CT molecular complexity index is 368. The summed E-state index contributed by atoms with van der Waals surface area (Å²) in [5.74, 6) is 2.12. The van der Waals surface area contributed by atoms with E-state index in [1.807, 2.05) is 30.0 Å². The molecule has 0 aromatic carbocycles. The summed E-state index contributed by atoms with van der Waals surface area (Å²) >= 11 is 2.01. The summed E-state index contributed by atoms with van der Waals surface area (Å²) in [4.78, 5) is 6.75. The van der Waals surface area contributed by atoms with Crippen LogP contribution in [0.15, 0.2) is 18.2 Å². The summed E-state index contributed by atoms with van der Waals surface area (Å²) in [7, 11) is 0. The number of aliphatic hydroxyl groups excluding tert-OH is 1. The number of aromatic nitrogens is 1. The highest BCUT2D eigenvalue weighted by Gasteiger charge is 2.27. The first-order valence-electron chi connectivity index (χ1n) is 5.56. The first-order chi connectivity index (χ1) is 7.61. The van der Waals surface area contributed by atoms with E-state index in [0.29, 0.717) is 0 Å². The van der Waals surface area contributed by atoms with Crippen molar-refractivity contribution in [1.82, 2.24) is 4.98 Å². The van der Waals surface area contributed by atoms with E-state index in [1.54, 1.807) is 0 Å². The quantitative estimate of drug-likeness (QED) is 0.854. The van der Waals surface area contributed by atoms with Crippen LogP contribution in [0.4, 0.5) is 5.82 Å². The minimum atomic E-state index is 0.0137. The maximum Gasteiger partial charge on any atom is 0.128 e. The molecule has 1 aromatic heterocycles. The molecule has 0 radical (unpaired) electrons. The summed E-state index contributed by atoms with van der Waals surface area (Å²) in [5, 5.41) is 9.08. The average molecular weight is 238 g/mol. The second-order valence-corrected chi connectivity index (χ2v) is 6.48. The largest absolute Gasteiger partial charge is 0.390 e. The van der Waals surface area contributed by atoms with Gasteiger partial charge >= 0.3 is 0 Å². The van der Waals surface area contributed by atoms with Gasteiger partial charge in [0, 0.05) is 23.6 Å². The summed E-state index contributed by atoms with van der Waals surface area (Å²) in [6.45, 7) is 6.59. The predicted octanol–water partition coefficient (Wildman–Crippen LogP) is 1.91. The van der Waals surface area contributed by atoms with Crippen LogP contribution in [0.1, 0.15) is 19.5 Å². The van der Waals surface area contributed by atoms with E-state index in [4.69, 9.17) is 5.11 Å². The molecule has 1 aliphatic rings. The normalized spacial score (nSPS) is 19.8. The number of hydrogen-bond donors (Lipinski definition) is 1. The van der Waals surface area contributed by atoms with Gasteiger partial charge in [0.05, 0.1) is 12.3 Å². The molecule has 0 amide bonds. The maximum atomic E-state index is 9.08. The van der Waals surface area contributed by atoms with Gasteiger partial charge in [-0.05, 0) is 26.0 Å². The lowest BCUT2D eigenvalue weighted by Crippen LogP contribution is -2.43. The van der Waals surface area contributed by atoms with Crippen molar-refractivity contribution in [3.63, 3.8) is 0 Å². The van der Waals surface area contributed by atoms with Gasteiger partial charge in [0.1, 0.15) is 5.82 Å². The molecule has 0 bridgehead atoms. The van der Waals surface area contributed by atoms with Crippen LogP contribution in [0.5, 0.6) is 0 Å². The SMILES string of the molecule is CC1(C)CN(c2cccc(CO)n2)CCS1. The molecule has 0 atom stereocenters. The Morgan fingerprint density at radius 3 is 3.00 bits per heavy atom. The van der Waals surface area contributed by atoms with Crippen molar-refractivity contribution in [2.24, 2.45) is 0 Å². The van der Waals surface area contributed by atoms with Gasteiger partial charge in [-0.25, -0.2) is 4.98 Å². The van der Waals surface area contributed by atoms with Crippen LogP contribution < -0.4 is 4.90 Å². The number of thioether (sulfide) groups is 1. The number of hydrogen-bond acceptors (Lipinski definition) is 4. The number of nitrogens with zero attached hydrogens (tertiary/aromatic N) is 2. The number of pyridine rings is 1. The molecule has 0 unspecified atom stereocenters. The van der Waals surface area contributed by atoms with Crippen molar-refractivity contribution in [2.45, 2.75) is 25.2 Å². The lowest BCUT2D eigenvalue weighted by atomic mass is 10.2. The fourth-order valence-electron chi connectivity index (χ4n) is 1.94. The third-order valence-corrected chi connectivity index (χ3v) is 4.00. The smallest absolute Gasteiger partial charge is 0.128 e. The van der Waals surface area contributed by atoms with Crippen molar-refractivity contribution in [1.29, 1.82) is 0 Å². The second kappa shape index (κ2) is 4.63. The molecule has 0 spiro atoms. The molecule has 1 aromatic rings. The zero-order chi connectivity index (χ0) is 11.6. The fraction of sp³-hybridized carbons (Fsp3) is 0.583. The van der Waals surface area contributed by atoms with E-state index >= 15 is 0 Å². The van der Waals surface area contributed by atoms with Crippen LogP contribution in [0.2, 0.25) is 0 Å². The molecule has 1 saturated heterocycles. The molecule has 4 heteroatoms. The number of anilines is 1. The van der Waals surface area contributed by atoms with Gasteiger partial charge in [-0.2, -0.15) is 11.8 Å². The molecular formula is C12H18N2OS. The van der Waals surface area contributed by atoms with Gasteiger partial charge in [-0.1, -0.05) is 6.07 Å². The van der Waals surface area contributed by atoms with Gasteiger partial charge < -0.3 is 10.0 Å². The monoisotopic (exact) mass is 238 g/mol. The summed E-state index contributed by atoms with van der Waals surface area (Å²) in [6.07, 6.45) is 0. The first kappa shape index (κ1) is 11.7. The van der Waals surface area contributed by atoms with Crippen LogP contribution in [0.3, 0.4) is 0 Å². The maximum absolute atomic E-state index is 9.08. The highest BCUT2D eigenvalue weighted by molar-refractivity contribution is 8.00. The third-order valence-electron chi connectivity index (χ3n) is 2.70. The Hall–Kier alpha value is -0.740. The molecule has 1 N–H and O–H groups in total. The molecule has 0 aliphatic carbocycles. The van der Waals surface area contributed by atoms with Gasteiger partial charge in [-0.3, -0.25) is 0 Å². The zero-order valence-corrected chi connectivity index (χ0v) is 10.6. The highest BCUT2D eigenvalue weighted by atomic mass is 32.2. The van der Waals surface area contributed by atoms with Crippen molar-refractivity contribution >= 4 is 17.6 Å². The average Bonchev–Trinajstić information content (AvgIpc) is 2.28. The van der Waals surface area contributed by atoms with Gasteiger partial charge in [0.25, 0.3) is 0 Å². The molecule has 0 saturated carbocycles. The van der Waals surface area contributed by atoms with Gasteiger partial charge in [0.2, 0.25) is 0 Å². The predicted molar refractivity (Wildman–Crippen MR) is 68.9 cm³/mol. The Balaban J connectivity index is 2.16. The van der Waals surface area contributed by atoms with Crippen LogP contribution in [-0.4, -0.2) is 33.7 Å². The zero-order valence-electron chi connectivity index (χ0n) is 9.81. The Morgan fingerprint density at radius 2 is 2.31 bits per heavy atom. The molecule has 16 heavy (non-hydrogen) atoms. The molecule has 2 rings (SSSR count). The van der Waals surface area contributed by atoms with E-state index in [-0.39, 0.29) is 11.4 Å². The molecule has 1 fully saturated rings. The van der Waals surface area contributed by atoms with Gasteiger partial charge in [0.15, 0.2) is 0 Å². The second-order valence-electron chi connectivity index (χ2n) is 4.67. The van der Waals surface area contributed by atoms with Crippen LogP contribution in [-0.2, 0) is 6.61 Å². The summed E-state index contributed by atoms with van der Waals surface area (Å²) < 4.78 is 0.287. The summed E-state index contributed by atoms with van der Waals surface area (Å²) in [5.41, 5.74) is 0.744. The van der Waals surface area contributed by atoms with Crippen LogP contribution >= 0.6 is 11.8 Å². The van der Waals surface area contributed by atoms with E-state index < -0.39 is 0 Å². The van der Waals surface area contributed by atoms with Crippen LogP contribution in [0, 0.1) is 0 Å².